The third-order valence-corrected chi connectivity index (χ3v) is 22.6. The van der Waals surface area contributed by atoms with E-state index >= 15 is 0 Å². The molecule has 0 radical (unpaired) electrons. The van der Waals surface area contributed by atoms with Crippen LogP contribution >= 0.6 is 0 Å². The van der Waals surface area contributed by atoms with E-state index in [9.17, 15) is 72.9 Å². The van der Waals surface area contributed by atoms with Crippen LogP contribution in [0.2, 0.25) is 0 Å². The Hall–Kier alpha value is -13.3. The van der Waals surface area contributed by atoms with Crippen molar-refractivity contribution >= 4 is 100 Å². The highest BCUT2D eigenvalue weighted by atomic mass is 16.3. The van der Waals surface area contributed by atoms with Crippen molar-refractivity contribution in [2.75, 3.05) is 91.6 Å². The number of aromatic hydroxyl groups is 1. The standard InChI is InChI=1S/C91H131N23O15/c1-8-114-46-23-27-58-49-64-66(51-73(58)114)91(3,4)65-50-59(112(5)6)37-40-63(65)78(64)61-28-17-18-29-62(61)87(129)113(7)45-24-34-74(118)99-41-19-12-10-9-11-16-33-75(119)103-52-76(120)106-68(31-21-43-101-89(95)96)83(125)111-79(55(2)116)86(128)104-53-77(121)105-67(30-20-42-100-88(93)94)81(123)107-69(32-22-44-102-90(97)98)82(124)109-71(48-56-25-14-13-15-26-56)84(126)110-72(54-115)85(127)108-70(80(92)122)47-57-35-38-60(117)39-36-57/h13-15,17-18,25-26,28-29,35-40,49-51,55,67-72,79,115-116H,8-12,16,19-24,27,30-34,41-48,52-54H2,1-7H3,(H24-,92,93,94,95,96,97,98,99,100,101,102,103,104,105,106,107,108,109,110,111,117,118,119,120,121,122,123,124,125,126,127,128)/p+1/t55-,67+,68+,69+,70+,71+,72+,79+/m1/s1. The topological polar surface area (TPSA) is 607 Å². The van der Waals surface area contributed by atoms with Crippen LogP contribution in [0, 0.1) is 16.2 Å². The molecule has 5 aromatic carbocycles. The van der Waals surface area contributed by atoms with Crippen molar-refractivity contribution in [3.05, 3.63) is 164 Å². The zero-order valence-corrected chi connectivity index (χ0v) is 74.9. The van der Waals surface area contributed by atoms with Gasteiger partial charge in [-0.25, -0.2) is 4.58 Å². The Kier molecular flexibility index (Phi) is 41.1. The van der Waals surface area contributed by atoms with Crippen molar-refractivity contribution < 1.29 is 72.9 Å². The van der Waals surface area contributed by atoms with Gasteiger partial charge < -0.3 is 117 Å². The van der Waals surface area contributed by atoms with Crippen LogP contribution in [-0.2, 0) is 77.4 Å². The summed E-state index contributed by atoms with van der Waals surface area (Å²) in [5.74, 6) is -10.6. The lowest BCUT2D eigenvalue weighted by Crippen LogP contribution is -2.60. The molecule has 0 saturated carbocycles. The van der Waals surface area contributed by atoms with Gasteiger partial charge in [0.2, 0.25) is 70.3 Å². The Morgan fingerprint density at radius 1 is 0.496 bits per heavy atom. The van der Waals surface area contributed by atoms with Crippen LogP contribution in [0.5, 0.6) is 5.75 Å². The third kappa shape index (κ3) is 32.5. The van der Waals surface area contributed by atoms with Gasteiger partial charge in [0.15, 0.2) is 17.9 Å². The quantitative estimate of drug-likeness (QED) is 0.00889. The second-order valence-electron chi connectivity index (χ2n) is 33.2. The lowest BCUT2D eigenvalue weighted by atomic mass is 9.68. The van der Waals surface area contributed by atoms with E-state index in [0.717, 1.165) is 79.2 Å². The van der Waals surface area contributed by atoms with Gasteiger partial charge in [-0.3, -0.25) is 73.8 Å². The van der Waals surface area contributed by atoms with E-state index in [0.29, 0.717) is 49.0 Å². The van der Waals surface area contributed by atoms with Gasteiger partial charge in [0.1, 0.15) is 61.1 Å². The van der Waals surface area contributed by atoms with Gasteiger partial charge in [0.25, 0.3) is 5.91 Å². The molecule has 1 aliphatic carbocycles. The molecule has 0 bridgehead atoms. The highest BCUT2D eigenvalue weighted by molar-refractivity contribution is 6.03. The monoisotopic (exact) mass is 1790 g/mol. The van der Waals surface area contributed by atoms with Crippen LogP contribution < -0.4 is 112 Å². The second kappa shape index (κ2) is 51.5. The van der Waals surface area contributed by atoms with Crippen LogP contribution in [0.25, 0.3) is 5.57 Å². The summed E-state index contributed by atoms with van der Waals surface area (Å²) < 4.78 is 2.47. The zero-order valence-electron chi connectivity index (χ0n) is 74.9. The molecular weight excluding hydrogens is 1660 g/mol. The van der Waals surface area contributed by atoms with Gasteiger partial charge in [-0.05, 0) is 159 Å². The maximum atomic E-state index is 14.6. The van der Waals surface area contributed by atoms with E-state index in [1.54, 1.807) is 42.3 Å². The minimum Gasteiger partial charge on any atom is -0.508 e. The molecule has 0 unspecified atom stereocenters. The van der Waals surface area contributed by atoms with Crippen molar-refractivity contribution in [2.24, 2.45) is 22.9 Å². The molecule has 38 heteroatoms. The number of rotatable bonds is 53. The summed E-state index contributed by atoms with van der Waals surface area (Å²) in [5.41, 5.74) is 31.3. The van der Waals surface area contributed by atoms with Crippen molar-refractivity contribution in [2.45, 2.75) is 204 Å². The summed E-state index contributed by atoms with van der Waals surface area (Å²) in [6, 6.07) is 22.6. The number of primary amides is 1. The average molecular weight is 1790 g/mol. The summed E-state index contributed by atoms with van der Waals surface area (Å²) in [6.07, 6.45) is 5.20. The first-order chi connectivity index (χ1) is 61.5. The molecule has 700 valence electrons. The molecule has 1 heterocycles. The fourth-order valence-electron chi connectivity index (χ4n) is 15.5. The number of aliphatic hydroxyl groups is 2. The summed E-state index contributed by atoms with van der Waals surface area (Å²) in [5, 5.41) is 89.4. The van der Waals surface area contributed by atoms with E-state index in [2.05, 4.69) is 136 Å². The number of phenolic OH excluding ortho intramolecular Hbond substituents is 1. The maximum absolute atomic E-state index is 14.6. The minimum atomic E-state index is -1.76. The number of aryl methyl sites for hydroxylation is 1. The van der Waals surface area contributed by atoms with Gasteiger partial charge in [0.05, 0.1) is 25.8 Å². The van der Waals surface area contributed by atoms with E-state index in [1.165, 1.54) is 53.2 Å². The van der Waals surface area contributed by atoms with Gasteiger partial charge in [-0.2, -0.15) is 0 Å². The van der Waals surface area contributed by atoms with Crippen molar-refractivity contribution in [1.29, 1.82) is 16.2 Å². The molecule has 5 aromatic rings. The highest BCUT2D eigenvalue weighted by Gasteiger charge is 2.39. The summed E-state index contributed by atoms with van der Waals surface area (Å²) in [7, 11) is 5.88. The predicted molar refractivity (Wildman–Crippen MR) is 490 cm³/mol. The number of phenols is 1. The molecule has 27 N–H and O–H groups in total. The predicted octanol–water partition coefficient (Wildman–Crippen LogP) is -1.74. The molecule has 38 nitrogen and oxygen atoms in total. The molecule has 7 rings (SSSR count). The van der Waals surface area contributed by atoms with Gasteiger partial charge in [0, 0.05) is 114 Å². The number of nitrogens with zero attached hydrogens (tertiary/aromatic N) is 3. The van der Waals surface area contributed by atoms with Gasteiger partial charge >= 0.3 is 0 Å². The van der Waals surface area contributed by atoms with Crippen LogP contribution in [0.4, 0.5) is 5.69 Å². The number of aliphatic hydroxyl groups excluding tert-OH is 2. The largest absolute Gasteiger partial charge is 0.508 e. The molecule has 8 atom stereocenters. The van der Waals surface area contributed by atoms with E-state index in [-0.39, 0.29) is 113 Å². The number of guanidine groups is 3. The zero-order chi connectivity index (χ0) is 94.4. The number of hydrogen-bond donors (Lipinski definition) is 23. The summed E-state index contributed by atoms with van der Waals surface area (Å²) in [6.45, 7) is 8.52. The average Bonchev–Trinajstić information content (AvgIpc) is 0.710. The number of carbonyl (C=O) groups is 12. The number of nitrogens with two attached hydrogens (primary N) is 4. The van der Waals surface area contributed by atoms with Crippen LogP contribution in [0.1, 0.15) is 180 Å². The molecule has 0 spiro atoms. The maximum Gasteiger partial charge on any atom is 0.254 e. The second-order valence-corrected chi connectivity index (χ2v) is 33.2. The van der Waals surface area contributed by atoms with Crippen molar-refractivity contribution in [3.63, 3.8) is 0 Å². The number of benzene rings is 5. The molecular formula is C91H132N23O15+. The van der Waals surface area contributed by atoms with E-state index in [4.69, 9.17) is 39.2 Å². The van der Waals surface area contributed by atoms with E-state index < -0.39 is 139 Å². The summed E-state index contributed by atoms with van der Waals surface area (Å²) >= 11 is 0. The Morgan fingerprint density at radius 3 is 1.57 bits per heavy atom. The minimum absolute atomic E-state index is 0.0176. The number of amides is 12. The Bertz CT molecular complexity index is 4890. The lowest BCUT2D eigenvalue weighted by molar-refractivity contribution is -0.136. The molecule has 2 aliphatic rings. The van der Waals surface area contributed by atoms with Crippen molar-refractivity contribution in [1.82, 2.24) is 78.6 Å². The highest BCUT2D eigenvalue weighted by Crippen LogP contribution is 2.42. The van der Waals surface area contributed by atoms with Crippen LogP contribution in [0.15, 0.2) is 109 Å². The number of unbranched alkanes of at least 4 members (excludes halogenated alkanes) is 5. The summed E-state index contributed by atoms with van der Waals surface area (Å²) in [4.78, 5) is 169. The van der Waals surface area contributed by atoms with Crippen molar-refractivity contribution in [3.8, 4) is 5.75 Å². The lowest BCUT2D eigenvalue weighted by Gasteiger charge is -2.36. The molecule has 0 saturated heterocycles. The molecule has 0 aromatic heterocycles. The fourth-order valence-corrected chi connectivity index (χ4v) is 15.5. The number of fused-ring (bicyclic) bond motifs is 3. The number of anilines is 1. The van der Waals surface area contributed by atoms with E-state index in [1.807, 2.05) is 32.3 Å². The first-order valence-corrected chi connectivity index (χ1v) is 44.0. The fraction of sp³-hybridized carbons (Fsp3) is 0.495. The number of hydrogen-bond acceptors (Lipinski definition) is 19. The van der Waals surface area contributed by atoms with Crippen LogP contribution in [-0.4, -0.2) is 244 Å². The Balaban J connectivity index is 0.865. The Labute approximate surface area is 752 Å². The molecule has 12 amide bonds. The molecule has 1 aliphatic heterocycles. The normalized spacial score (nSPS) is 14.1. The van der Waals surface area contributed by atoms with Crippen LogP contribution in [0.3, 0.4) is 0 Å². The molecule has 0 fully saturated rings. The first-order valence-electron chi connectivity index (χ1n) is 44.0. The smallest absolute Gasteiger partial charge is 0.254 e. The van der Waals surface area contributed by atoms with Gasteiger partial charge in [-0.1, -0.05) is 106 Å². The molecule has 129 heavy (non-hydrogen) atoms. The number of carbonyl (C=O) groups excluding carboxylic acids is 12. The van der Waals surface area contributed by atoms with Gasteiger partial charge in [-0.15, -0.1) is 0 Å². The third-order valence-electron chi connectivity index (χ3n) is 22.6. The first kappa shape index (κ1) is 103. The SMILES string of the molecule is CC[N+]1=c2cc3c(cc2CCC1)=C(c1ccccc1C(=O)N(C)CCCC(=O)NCCCCCCCCC(=O)NCC(=O)N[C@@H](CCCNC(=N)N)C(=O)N[C@H](C(=O)NCC(=O)N[C@@H](CCCNC(=N)N)C(=O)N[C@@H](CCCNC(=N)N)C(=O)N[C@@H](Cc1ccccc1)C(=O)N[C@@H](CO)C(=O)N[C@@H](Cc1ccc(O)cc1)C(N)=O)[C@@H](C)O)c1ccc(N(C)C)cc1C3(C)C. The number of nitrogens with one attached hydrogen (secondary N) is 16. The Morgan fingerprint density at radius 2 is 0.992 bits per heavy atom.